The Morgan fingerprint density at radius 1 is 1.15 bits per heavy atom. The Hall–Kier alpha value is -0.640. The second-order valence-corrected chi connectivity index (χ2v) is 7.99. The topological polar surface area (TPSA) is 12.0 Å². The van der Waals surface area contributed by atoms with Gasteiger partial charge in [-0.25, -0.2) is 0 Å². The maximum absolute atomic E-state index is 3.65. The predicted molar refractivity (Wildman–Crippen MR) is 92.7 cm³/mol. The fourth-order valence-corrected chi connectivity index (χ4v) is 3.75. The van der Waals surface area contributed by atoms with Gasteiger partial charge < -0.3 is 5.32 Å². The van der Waals surface area contributed by atoms with E-state index in [1.54, 1.807) is 0 Å². The number of rotatable bonds is 5. The van der Waals surface area contributed by atoms with Gasteiger partial charge in [0.25, 0.3) is 0 Å². The highest BCUT2D eigenvalue weighted by molar-refractivity contribution is 9.10. The van der Waals surface area contributed by atoms with Gasteiger partial charge in [-0.15, -0.1) is 11.3 Å². The van der Waals surface area contributed by atoms with Gasteiger partial charge in [0.2, 0.25) is 0 Å². The highest BCUT2D eigenvalue weighted by atomic mass is 79.9. The molecule has 0 spiro atoms. The SMILES string of the molecule is CC(C)(C)NCC(Cc1sccc1Br)c1ccccc1. The molecule has 1 aromatic heterocycles. The lowest BCUT2D eigenvalue weighted by atomic mass is 9.94. The summed E-state index contributed by atoms with van der Waals surface area (Å²) in [7, 11) is 0. The summed E-state index contributed by atoms with van der Waals surface area (Å²) in [5.41, 5.74) is 1.56. The van der Waals surface area contributed by atoms with E-state index in [2.05, 4.69) is 83.8 Å². The zero-order chi connectivity index (χ0) is 14.6. The lowest BCUT2D eigenvalue weighted by molar-refractivity contribution is 0.405. The minimum Gasteiger partial charge on any atom is -0.311 e. The van der Waals surface area contributed by atoms with Gasteiger partial charge in [0.1, 0.15) is 0 Å². The number of hydrogen-bond acceptors (Lipinski definition) is 2. The van der Waals surface area contributed by atoms with Crippen LogP contribution in [0.3, 0.4) is 0 Å². The van der Waals surface area contributed by atoms with Crippen molar-refractivity contribution in [2.75, 3.05) is 6.54 Å². The maximum atomic E-state index is 3.65. The van der Waals surface area contributed by atoms with E-state index in [1.807, 2.05) is 11.3 Å². The van der Waals surface area contributed by atoms with Gasteiger partial charge in [-0.3, -0.25) is 0 Å². The highest BCUT2D eigenvalue weighted by Gasteiger charge is 2.18. The molecule has 0 aliphatic heterocycles. The zero-order valence-corrected chi connectivity index (χ0v) is 14.7. The van der Waals surface area contributed by atoms with Crippen LogP contribution in [0, 0.1) is 0 Å². The summed E-state index contributed by atoms with van der Waals surface area (Å²) >= 11 is 5.48. The fraction of sp³-hybridized carbons (Fsp3) is 0.412. The summed E-state index contributed by atoms with van der Waals surface area (Å²) in [4.78, 5) is 1.43. The fourth-order valence-electron chi connectivity index (χ4n) is 2.16. The molecule has 1 atom stereocenters. The summed E-state index contributed by atoms with van der Waals surface area (Å²) in [6.45, 7) is 7.65. The van der Waals surface area contributed by atoms with Crippen LogP contribution in [-0.4, -0.2) is 12.1 Å². The molecule has 1 nitrogen and oxygen atoms in total. The van der Waals surface area contributed by atoms with Crippen molar-refractivity contribution in [2.24, 2.45) is 0 Å². The van der Waals surface area contributed by atoms with E-state index in [0.29, 0.717) is 5.92 Å². The Balaban J connectivity index is 2.14. The third-order valence-corrected chi connectivity index (χ3v) is 5.22. The molecule has 0 saturated carbocycles. The number of nitrogens with one attached hydrogen (secondary N) is 1. The summed E-state index contributed by atoms with van der Waals surface area (Å²) in [5, 5.41) is 5.79. The normalized spacial score (nSPS) is 13.4. The standard InChI is InChI=1S/C17H22BrNS/c1-17(2,3)19-12-14(13-7-5-4-6-8-13)11-16-15(18)9-10-20-16/h4-10,14,19H,11-12H2,1-3H3. The third kappa shape index (κ3) is 4.72. The molecule has 0 fully saturated rings. The van der Waals surface area contributed by atoms with Crippen molar-refractivity contribution in [2.45, 2.75) is 38.6 Å². The van der Waals surface area contributed by atoms with Crippen molar-refractivity contribution in [3.8, 4) is 0 Å². The number of halogens is 1. The van der Waals surface area contributed by atoms with Crippen LogP contribution >= 0.6 is 27.3 Å². The van der Waals surface area contributed by atoms with Crippen LogP contribution in [-0.2, 0) is 6.42 Å². The van der Waals surface area contributed by atoms with Crippen molar-refractivity contribution in [3.63, 3.8) is 0 Å². The molecule has 108 valence electrons. The minimum absolute atomic E-state index is 0.152. The van der Waals surface area contributed by atoms with Gasteiger partial charge in [-0.1, -0.05) is 30.3 Å². The Morgan fingerprint density at radius 2 is 1.85 bits per heavy atom. The van der Waals surface area contributed by atoms with Crippen LogP contribution < -0.4 is 5.32 Å². The third-order valence-electron chi connectivity index (χ3n) is 3.27. The molecule has 20 heavy (non-hydrogen) atoms. The lowest BCUT2D eigenvalue weighted by Crippen LogP contribution is -2.39. The molecular weight excluding hydrogens is 330 g/mol. The summed E-state index contributed by atoms with van der Waals surface area (Å²) < 4.78 is 1.24. The average Bonchev–Trinajstić information content (AvgIpc) is 2.80. The van der Waals surface area contributed by atoms with Crippen molar-refractivity contribution in [1.29, 1.82) is 0 Å². The molecule has 1 aromatic carbocycles. The molecule has 2 rings (SSSR count). The molecule has 3 heteroatoms. The van der Waals surface area contributed by atoms with Gasteiger partial charge in [-0.05, 0) is 60.1 Å². The first-order chi connectivity index (χ1) is 9.46. The molecule has 0 amide bonds. The first-order valence-electron chi connectivity index (χ1n) is 6.97. The largest absolute Gasteiger partial charge is 0.311 e. The molecular formula is C17H22BrNS. The van der Waals surface area contributed by atoms with Gasteiger partial charge in [0.15, 0.2) is 0 Å². The van der Waals surface area contributed by atoms with Gasteiger partial charge in [-0.2, -0.15) is 0 Å². The Bertz CT molecular complexity index is 527. The minimum atomic E-state index is 0.152. The van der Waals surface area contributed by atoms with Crippen molar-refractivity contribution in [3.05, 3.63) is 56.7 Å². The summed E-state index contributed by atoms with van der Waals surface area (Å²) in [5.74, 6) is 0.505. The Kier molecular flexibility index (Phi) is 5.42. The van der Waals surface area contributed by atoms with Gasteiger partial charge in [0, 0.05) is 27.4 Å². The van der Waals surface area contributed by atoms with E-state index in [0.717, 1.165) is 13.0 Å². The van der Waals surface area contributed by atoms with Crippen LogP contribution in [0.1, 0.15) is 37.1 Å². The van der Waals surface area contributed by atoms with Gasteiger partial charge in [0.05, 0.1) is 0 Å². The van der Waals surface area contributed by atoms with Crippen LogP contribution in [0.15, 0.2) is 46.3 Å². The monoisotopic (exact) mass is 351 g/mol. The number of benzene rings is 1. The maximum Gasteiger partial charge on any atom is 0.0314 e. The Labute approximate surface area is 134 Å². The van der Waals surface area contributed by atoms with Crippen molar-refractivity contribution >= 4 is 27.3 Å². The number of hydrogen-bond donors (Lipinski definition) is 1. The average molecular weight is 352 g/mol. The molecule has 1 N–H and O–H groups in total. The Morgan fingerprint density at radius 3 is 2.40 bits per heavy atom. The molecule has 0 aliphatic carbocycles. The van der Waals surface area contributed by atoms with E-state index >= 15 is 0 Å². The van der Waals surface area contributed by atoms with Crippen LogP contribution in [0.5, 0.6) is 0 Å². The van der Waals surface area contributed by atoms with E-state index in [-0.39, 0.29) is 5.54 Å². The summed E-state index contributed by atoms with van der Waals surface area (Å²) in [6, 6.07) is 12.9. The number of thiophene rings is 1. The predicted octanol–water partition coefficient (Wildman–Crippen LogP) is 5.23. The van der Waals surface area contributed by atoms with Crippen LogP contribution in [0.4, 0.5) is 0 Å². The van der Waals surface area contributed by atoms with E-state index < -0.39 is 0 Å². The van der Waals surface area contributed by atoms with E-state index in [4.69, 9.17) is 0 Å². The van der Waals surface area contributed by atoms with Crippen LogP contribution in [0.2, 0.25) is 0 Å². The van der Waals surface area contributed by atoms with Crippen molar-refractivity contribution < 1.29 is 0 Å². The van der Waals surface area contributed by atoms with Crippen molar-refractivity contribution in [1.82, 2.24) is 5.32 Å². The van der Waals surface area contributed by atoms with Gasteiger partial charge >= 0.3 is 0 Å². The van der Waals surface area contributed by atoms with Crippen LogP contribution in [0.25, 0.3) is 0 Å². The second-order valence-electron chi connectivity index (χ2n) is 6.13. The molecule has 0 aliphatic rings. The molecule has 1 unspecified atom stereocenters. The highest BCUT2D eigenvalue weighted by Crippen LogP contribution is 2.29. The molecule has 1 heterocycles. The smallest absolute Gasteiger partial charge is 0.0314 e. The molecule has 2 aromatic rings. The van der Waals surface area contributed by atoms with E-state index in [1.165, 1.54) is 14.9 Å². The molecule has 0 saturated heterocycles. The zero-order valence-electron chi connectivity index (χ0n) is 12.3. The molecule has 0 bridgehead atoms. The second kappa shape index (κ2) is 6.88. The van der Waals surface area contributed by atoms with E-state index in [9.17, 15) is 0 Å². The molecule has 0 radical (unpaired) electrons. The first-order valence-corrected chi connectivity index (χ1v) is 8.65. The lowest BCUT2D eigenvalue weighted by Gasteiger charge is -2.25. The quantitative estimate of drug-likeness (QED) is 0.777. The summed E-state index contributed by atoms with van der Waals surface area (Å²) in [6.07, 6.45) is 1.07. The first kappa shape index (κ1) is 15.7.